The maximum absolute atomic E-state index is 12.1. The summed E-state index contributed by atoms with van der Waals surface area (Å²) in [6.07, 6.45) is 3.53. The van der Waals surface area contributed by atoms with Gasteiger partial charge in [0.15, 0.2) is 5.76 Å². The van der Waals surface area contributed by atoms with Crippen LogP contribution in [0.25, 0.3) is 11.7 Å². The minimum absolute atomic E-state index is 0.0854. The van der Waals surface area contributed by atoms with E-state index in [-0.39, 0.29) is 18.3 Å². The molecule has 106 valence electrons. The number of furan rings is 1. The molecule has 0 radical (unpaired) electrons. The Morgan fingerprint density at radius 3 is 2.95 bits per heavy atom. The van der Waals surface area contributed by atoms with Gasteiger partial charge in [-0.25, -0.2) is 4.79 Å². The summed E-state index contributed by atoms with van der Waals surface area (Å²) in [5, 5.41) is 3.98. The number of aromatic nitrogens is 2. The molecule has 0 saturated heterocycles. The fourth-order valence-corrected chi connectivity index (χ4v) is 2.15. The van der Waals surface area contributed by atoms with Gasteiger partial charge in [-0.15, -0.1) is 5.10 Å². The zero-order chi connectivity index (χ0) is 14.1. The van der Waals surface area contributed by atoms with Gasteiger partial charge < -0.3 is 13.7 Å². The lowest BCUT2D eigenvalue weighted by atomic mass is 10.4. The van der Waals surface area contributed by atoms with E-state index in [1.807, 2.05) is 6.92 Å². The number of hydrogen-bond acceptors (Lipinski definition) is 5. The van der Waals surface area contributed by atoms with Crippen LogP contribution in [-0.4, -0.2) is 33.2 Å². The lowest BCUT2D eigenvalue weighted by Gasteiger charge is -2.19. The molecular weight excluding hydrogens is 262 g/mol. The van der Waals surface area contributed by atoms with E-state index in [2.05, 4.69) is 5.10 Å². The second kappa shape index (κ2) is 4.99. The normalized spacial score (nSPS) is 14.4. The Bertz CT molecular complexity index is 651. The molecule has 7 nitrogen and oxygen atoms in total. The number of hydrogen-bond donors (Lipinski definition) is 0. The van der Waals surface area contributed by atoms with Gasteiger partial charge in [0.1, 0.15) is 6.54 Å². The second-order valence-electron chi connectivity index (χ2n) is 4.72. The van der Waals surface area contributed by atoms with Crippen LogP contribution in [0.3, 0.4) is 0 Å². The average molecular weight is 277 g/mol. The molecule has 0 spiro atoms. The van der Waals surface area contributed by atoms with Crippen molar-refractivity contribution < 1.29 is 13.6 Å². The third-order valence-electron chi connectivity index (χ3n) is 3.27. The standard InChI is InChI=1S/C13H15N3O4/c1-2-15(9-5-6-9)11(17)8-16-13(18)20-12(14-16)10-4-3-7-19-10/h3-4,7,9H,2,5-6,8H2,1H3. The van der Waals surface area contributed by atoms with Crippen molar-refractivity contribution in [3.05, 3.63) is 28.9 Å². The first kappa shape index (κ1) is 12.7. The molecule has 1 amide bonds. The third-order valence-corrected chi connectivity index (χ3v) is 3.27. The van der Waals surface area contributed by atoms with Crippen molar-refractivity contribution in [3.63, 3.8) is 0 Å². The Labute approximate surface area is 114 Å². The molecule has 20 heavy (non-hydrogen) atoms. The fourth-order valence-electron chi connectivity index (χ4n) is 2.15. The summed E-state index contributed by atoms with van der Waals surface area (Å²) < 4.78 is 11.1. The molecule has 2 heterocycles. The zero-order valence-electron chi connectivity index (χ0n) is 11.1. The van der Waals surface area contributed by atoms with Crippen LogP contribution in [0.5, 0.6) is 0 Å². The highest BCUT2D eigenvalue weighted by atomic mass is 16.4. The predicted molar refractivity (Wildman–Crippen MR) is 68.9 cm³/mol. The smallest absolute Gasteiger partial charge is 0.437 e. The summed E-state index contributed by atoms with van der Waals surface area (Å²) in [5.74, 6) is -0.321. The summed E-state index contributed by atoms with van der Waals surface area (Å²) in [6, 6.07) is 3.63. The average Bonchev–Trinajstić information content (AvgIpc) is 2.98. The van der Waals surface area contributed by atoms with E-state index in [9.17, 15) is 9.59 Å². The molecule has 0 aliphatic heterocycles. The second-order valence-corrected chi connectivity index (χ2v) is 4.72. The molecule has 3 rings (SSSR count). The Morgan fingerprint density at radius 1 is 1.55 bits per heavy atom. The van der Waals surface area contributed by atoms with Crippen molar-refractivity contribution in [3.8, 4) is 11.7 Å². The van der Waals surface area contributed by atoms with E-state index in [4.69, 9.17) is 8.83 Å². The van der Waals surface area contributed by atoms with E-state index in [0.717, 1.165) is 17.5 Å². The molecule has 0 atom stereocenters. The van der Waals surface area contributed by atoms with Crippen LogP contribution in [0, 0.1) is 0 Å². The van der Waals surface area contributed by atoms with Crippen LogP contribution < -0.4 is 5.76 Å². The van der Waals surface area contributed by atoms with Crippen LogP contribution in [0.15, 0.2) is 32.0 Å². The lowest BCUT2D eigenvalue weighted by molar-refractivity contribution is -0.132. The summed E-state index contributed by atoms with van der Waals surface area (Å²) in [6.45, 7) is 2.46. The van der Waals surface area contributed by atoms with Gasteiger partial charge in [-0.3, -0.25) is 4.79 Å². The van der Waals surface area contributed by atoms with Gasteiger partial charge in [0.25, 0.3) is 5.89 Å². The summed E-state index contributed by atoms with van der Waals surface area (Å²) >= 11 is 0. The van der Waals surface area contributed by atoms with E-state index >= 15 is 0 Å². The van der Waals surface area contributed by atoms with Crippen molar-refractivity contribution in [2.75, 3.05) is 6.54 Å². The Hall–Kier alpha value is -2.31. The number of likely N-dealkylation sites (N-methyl/N-ethyl adjacent to an activating group) is 1. The largest absolute Gasteiger partial charge is 0.459 e. The van der Waals surface area contributed by atoms with E-state index in [0.29, 0.717) is 18.3 Å². The van der Waals surface area contributed by atoms with Crippen molar-refractivity contribution >= 4 is 5.91 Å². The predicted octanol–water partition coefficient (Wildman–Crippen LogP) is 1.11. The molecule has 0 bridgehead atoms. The Balaban J connectivity index is 1.77. The van der Waals surface area contributed by atoms with Gasteiger partial charge in [-0.1, -0.05) is 0 Å². The first-order chi connectivity index (χ1) is 9.69. The quantitative estimate of drug-likeness (QED) is 0.817. The fraction of sp³-hybridized carbons (Fsp3) is 0.462. The first-order valence-corrected chi connectivity index (χ1v) is 6.60. The summed E-state index contributed by atoms with van der Waals surface area (Å²) in [7, 11) is 0. The number of amides is 1. The van der Waals surface area contributed by atoms with Crippen LogP contribution in [0.2, 0.25) is 0 Å². The molecule has 2 aromatic rings. The van der Waals surface area contributed by atoms with E-state index < -0.39 is 5.76 Å². The first-order valence-electron chi connectivity index (χ1n) is 6.60. The molecule has 1 aliphatic rings. The van der Waals surface area contributed by atoms with Crippen molar-refractivity contribution in [1.29, 1.82) is 0 Å². The van der Waals surface area contributed by atoms with Crippen LogP contribution in [0.1, 0.15) is 19.8 Å². The minimum Gasteiger partial charge on any atom is -0.459 e. The lowest BCUT2D eigenvalue weighted by Crippen LogP contribution is -2.37. The van der Waals surface area contributed by atoms with E-state index in [1.165, 1.54) is 6.26 Å². The Morgan fingerprint density at radius 2 is 2.35 bits per heavy atom. The topological polar surface area (TPSA) is 81.5 Å². The van der Waals surface area contributed by atoms with Crippen molar-refractivity contribution in [2.45, 2.75) is 32.4 Å². The van der Waals surface area contributed by atoms with Gasteiger partial charge in [0, 0.05) is 12.6 Å². The zero-order valence-corrected chi connectivity index (χ0v) is 11.1. The molecular formula is C13H15N3O4. The SMILES string of the molecule is CCN(C(=O)Cn1nc(-c2ccco2)oc1=O)C1CC1. The third kappa shape index (κ3) is 2.38. The van der Waals surface area contributed by atoms with Gasteiger partial charge in [-0.2, -0.15) is 4.68 Å². The van der Waals surface area contributed by atoms with Gasteiger partial charge in [0.2, 0.25) is 5.91 Å². The van der Waals surface area contributed by atoms with Gasteiger partial charge in [-0.05, 0) is 31.9 Å². The summed E-state index contributed by atoms with van der Waals surface area (Å²) in [4.78, 5) is 25.6. The maximum atomic E-state index is 12.1. The number of rotatable bonds is 5. The van der Waals surface area contributed by atoms with Crippen LogP contribution in [-0.2, 0) is 11.3 Å². The number of carbonyl (C=O) groups is 1. The van der Waals surface area contributed by atoms with Gasteiger partial charge >= 0.3 is 5.76 Å². The molecule has 1 saturated carbocycles. The molecule has 7 heteroatoms. The summed E-state index contributed by atoms with van der Waals surface area (Å²) in [5.41, 5.74) is 0. The van der Waals surface area contributed by atoms with Crippen molar-refractivity contribution in [1.82, 2.24) is 14.7 Å². The highest BCUT2D eigenvalue weighted by molar-refractivity contribution is 5.76. The maximum Gasteiger partial charge on any atom is 0.437 e. The van der Waals surface area contributed by atoms with E-state index in [1.54, 1.807) is 17.0 Å². The highest BCUT2D eigenvalue weighted by Crippen LogP contribution is 2.26. The monoisotopic (exact) mass is 277 g/mol. The highest BCUT2D eigenvalue weighted by Gasteiger charge is 2.31. The number of nitrogens with zero attached hydrogens (tertiary/aromatic N) is 3. The van der Waals surface area contributed by atoms with Crippen LogP contribution >= 0.6 is 0 Å². The molecule has 0 aromatic carbocycles. The minimum atomic E-state index is -0.656. The molecule has 0 unspecified atom stereocenters. The molecule has 1 aliphatic carbocycles. The number of carbonyl (C=O) groups excluding carboxylic acids is 1. The van der Waals surface area contributed by atoms with Gasteiger partial charge in [0.05, 0.1) is 6.26 Å². The van der Waals surface area contributed by atoms with Crippen molar-refractivity contribution in [2.24, 2.45) is 0 Å². The van der Waals surface area contributed by atoms with Crippen LogP contribution in [0.4, 0.5) is 0 Å². The molecule has 0 N–H and O–H groups in total. The Kier molecular flexibility index (Phi) is 3.17. The molecule has 2 aromatic heterocycles. The molecule has 1 fully saturated rings.